The monoisotopic (exact) mass is 200 g/mol. The van der Waals surface area contributed by atoms with Crippen molar-refractivity contribution in [2.24, 2.45) is 0 Å². The van der Waals surface area contributed by atoms with E-state index in [4.69, 9.17) is 0 Å². The molecule has 0 aromatic heterocycles. The summed E-state index contributed by atoms with van der Waals surface area (Å²) in [5.74, 6) is 0.553. The van der Waals surface area contributed by atoms with E-state index in [-0.39, 0.29) is 5.82 Å². The Balaban J connectivity index is 3.10. The minimum Gasteiger partial charge on any atom is -0.389 e. The van der Waals surface area contributed by atoms with Crippen LogP contribution in [0.2, 0.25) is 0 Å². The number of hydrogen-bond acceptors (Lipinski definition) is 2. The molecule has 72 valence electrons. The molecule has 0 heterocycles. The van der Waals surface area contributed by atoms with Gasteiger partial charge in [-0.05, 0) is 24.8 Å². The summed E-state index contributed by atoms with van der Waals surface area (Å²) >= 11 is 1.54. The Labute approximate surface area is 82.0 Å². The maximum absolute atomic E-state index is 13.3. The van der Waals surface area contributed by atoms with Gasteiger partial charge in [-0.25, -0.2) is 4.39 Å². The van der Waals surface area contributed by atoms with Crippen LogP contribution in [0.4, 0.5) is 4.39 Å². The van der Waals surface area contributed by atoms with Crippen LogP contribution in [-0.2, 0) is 0 Å². The lowest BCUT2D eigenvalue weighted by atomic mass is 10.1. The lowest BCUT2D eigenvalue weighted by molar-refractivity contribution is 0.191. The van der Waals surface area contributed by atoms with E-state index in [0.717, 1.165) is 10.6 Å². The third-order valence-electron chi connectivity index (χ3n) is 1.73. The maximum atomic E-state index is 13.3. The molecule has 1 rings (SSSR count). The number of rotatable bonds is 3. The Morgan fingerprint density at radius 1 is 1.54 bits per heavy atom. The van der Waals surface area contributed by atoms with Crippen molar-refractivity contribution in [3.05, 3.63) is 29.6 Å². The van der Waals surface area contributed by atoms with E-state index in [1.165, 1.54) is 6.07 Å². The second-order valence-electron chi connectivity index (χ2n) is 2.76. The second kappa shape index (κ2) is 4.63. The normalized spacial score (nSPS) is 12.9. The van der Waals surface area contributed by atoms with Crippen molar-refractivity contribution in [3.8, 4) is 0 Å². The van der Waals surface area contributed by atoms with Crippen LogP contribution < -0.4 is 0 Å². The summed E-state index contributed by atoms with van der Waals surface area (Å²) in [4.78, 5) is 0.831. The van der Waals surface area contributed by atoms with Gasteiger partial charge < -0.3 is 5.11 Å². The van der Waals surface area contributed by atoms with Crippen molar-refractivity contribution >= 4 is 11.8 Å². The largest absolute Gasteiger partial charge is 0.389 e. The molecule has 1 aromatic carbocycles. The van der Waals surface area contributed by atoms with E-state index < -0.39 is 6.10 Å². The lowest BCUT2D eigenvalue weighted by Crippen LogP contribution is -1.98. The summed E-state index contributed by atoms with van der Waals surface area (Å²) in [6.45, 7) is 3.58. The molecule has 0 radical (unpaired) electrons. The molecule has 1 aromatic rings. The quantitative estimate of drug-likeness (QED) is 0.757. The molecular formula is C10H13FOS. The van der Waals surface area contributed by atoms with Gasteiger partial charge in [0.05, 0.1) is 6.10 Å². The molecule has 0 aliphatic carbocycles. The Kier molecular flexibility index (Phi) is 3.75. The summed E-state index contributed by atoms with van der Waals surface area (Å²) in [7, 11) is 0. The predicted molar refractivity (Wildman–Crippen MR) is 53.4 cm³/mol. The Bertz CT molecular complexity index is 286. The number of thioether (sulfide) groups is 1. The van der Waals surface area contributed by atoms with Crippen molar-refractivity contribution in [2.75, 3.05) is 5.75 Å². The number of halogens is 1. The summed E-state index contributed by atoms with van der Waals surface area (Å²) in [6, 6.07) is 4.88. The van der Waals surface area contributed by atoms with E-state index in [0.29, 0.717) is 5.56 Å². The average molecular weight is 200 g/mol. The van der Waals surface area contributed by atoms with E-state index in [1.54, 1.807) is 24.8 Å². The topological polar surface area (TPSA) is 20.2 Å². The van der Waals surface area contributed by atoms with E-state index >= 15 is 0 Å². The number of aliphatic hydroxyl groups excluding tert-OH is 1. The van der Waals surface area contributed by atoms with Crippen molar-refractivity contribution in [1.29, 1.82) is 0 Å². The minimum absolute atomic E-state index is 0.326. The molecule has 1 atom stereocenters. The van der Waals surface area contributed by atoms with E-state index in [9.17, 15) is 9.50 Å². The molecule has 13 heavy (non-hydrogen) atoms. The average Bonchev–Trinajstić information content (AvgIpc) is 2.04. The predicted octanol–water partition coefficient (Wildman–Crippen LogP) is 2.99. The van der Waals surface area contributed by atoms with Gasteiger partial charge in [-0.1, -0.05) is 13.0 Å². The van der Waals surface area contributed by atoms with Gasteiger partial charge in [0.15, 0.2) is 0 Å². The van der Waals surface area contributed by atoms with E-state index in [2.05, 4.69) is 0 Å². The maximum Gasteiger partial charge on any atom is 0.130 e. The first-order valence-corrected chi connectivity index (χ1v) is 5.24. The van der Waals surface area contributed by atoms with Crippen molar-refractivity contribution < 1.29 is 9.50 Å². The SMILES string of the molecule is CCSc1cccc(F)c1C(C)O. The zero-order valence-corrected chi connectivity index (χ0v) is 8.57. The van der Waals surface area contributed by atoms with Gasteiger partial charge in [0.25, 0.3) is 0 Å². The molecule has 0 aliphatic rings. The van der Waals surface area contributed by atoms with Crippen LogP contribution in [0.15, 0.2) is 23.1 Å². The van der Waals surface area contributed by atoms with Crippen molar-refractivity contribution in [1.82, 2.24) is 0 Å². The standard InChI is InChI=1S/C10H13FOS/c1-3-13-9-6-4-5-8(11)10(9)7(2)12/h4-7,12H,3H2,1-2H3. The molecule has 0 fully saturated rings. The lowest BCUT2D eigenvalue weighted by Gasteiger charge is -2.11. The van der Waals surface area contributed by atoms with Crippen LogP contribution in [-0.4, -0.2) is 10.9 Å². The van der Waals surface area contributed by atoms with E-state index in [1.807, 2.05) is 13.0 Å². The summed E-state index contributed by atoms with van der Waals surface area (Å²) in [5.41, 5.74) is 0.411. The molecule has 0 spiro atoms. The van der Waals surface area contributed by atoms with Gasteiger partial charge >= 0.3 is 0 Å². The van der Waals surface area contributed by atoms with Crippen LogP contribution in [0, 0.1) is 5.82 Å². The first-order valence-electron chi connectivity index (χ1n) is 4.26. The molecule has 1 nitrogen and oxygen atoms in total. The number of hydrogen-bond donors (Lipinski definition) is 1. The Morgan fingerprint density at radius 3 is 2.77 bits per heavy atom. The smallest absolute Gasteiger partial charge is 0.130 e. The molecule has 0 saturated carbocycles. The highest BCUT2D eigenvalue weighted by Gasteiger charge is 2.12. The highest BCUT2D eigenvalue weighted by molar-refractivity contribution is 7.99. The zero-order valence-electron chi connectivity index (χ0n) is 7.75. The van der Waals surface area contributed by atoms with Crippen molar-refractivity contribution in [2.45, 2.75) is 24.8 Å². The fourth-order valence-corrected chi connectivity index (χ4v) is 2.11. The highest BCUT2D eigenvalue weighted by atomic mass is 32.2. The molecule has 3 heteroatoms. The Hall–Kier alpha value is -0.540. The van der Waals surface area contributed by atoms with Crippen molar-refractivity contribution in [3.63, 3.8) is 0 Å². The molecule has 0 bridgehead atoms. The molecular weight excluding hydrogens is 187 g/mol. The van der Waals surface area contributed by atoms with Gasteiger partial charge in [0, 0.05) is 10.5 Å². The molecule has 0 aliphatic heterocycles. The first-order chi connectivity index (χ1) is 6.16. The fraction of sp³-hybridized carbons (Fsp3) is 0.400. The number of aliphatic hydroxyl groups is 1. The zero-order chi connectivity index (χ0) is 9.84. The third kappa shape index (κ3) is 2.45. The van der Waals surface area contributed by atoms with Crippen LogP contribution in [0.3, 0.4) is 0 Å². The molecule has 0 saturated heterocycles. The minimum atomic E-state index is -0.741. The van der Waals surface area contributed by atoms with Crippen LogP contribution >= 0.6 is 11.8 Å². The molecule has 1 unspecified atom stereocenters. The second-order valence-corrected chi connectivity index (χ2v) is 4.07. The van der Waals surface area contributed by atoms with Gasteiger partial charge in [-0.15, -0.1) is 11.8 Å². The number of benzene rings is 1. The third-order valence-corrected chi connectivity index (χ3v) is 2.69. The van der Waals surface area contributed by atoms with Crippen LogP contribution in [0.5, 0.6) is 0 Å². The fourth-order valence-electron chi connectivity index (χ4n) is 1.20. The summed E-state index contributed by atoms with van der Waals surface area (Å²) < 4.78 is 13.3. The molecule has 0 amide bonds. The van der Waals surface area contributed by atoms with Gasteiger partial charge in [0.2, 0.25) is 0 Å². The summed E-state index contributed by atoms with van der Waals surface area (Å²) in [5, 5.41) is 9.36. The highest BCUT2D eigenvalue weighted by Crippen LogP contribution is 2.29. The Morgan fingerprint density at radius 2 is 2.23 bits per heavy atom. The summed E-state index contributed by atoms with van der Waals surface area (Å²) in [6.07, 6.45) is -0.741. The van der Waals surface area contributed by atoms with Crippen LogP contribution in [0.1, 0.15) is 25.5 Å². The van der Waals surface area contributed by atoms with Gasteiger partial charge in [-0.2, -0.15) is 0 Å². The van der Waals surface area contributed by atoms with Crippen LogP contribution in [0.25, 0.3) is 0 Å². The van der Waals surface area contributed by atoms with Gasteiger partial charge in [0.1, 0.15) is 5.82 Å². The van der Waals surface area contributed by atoms with Gasteiger partial charge in [-0.3, -0.25) is 0 Å². The molecule has 1 N–H and O–H groups in total. The first kappa shape index (κ1) is 10.5.